The average Bonchev–Trinajstić information content (AvgIpc) is 2.66. The van der Waals surface area contributed by atoms with E-state index in [2.05, 4.69) is 10.9 Å². The first-order valence-corrected chi connectivity index (χ1v) is 8.27. The molecule has 0 bridgehead atoms. The van der Waals surface area contributed by atoms with Gasteiger partial charge in [0.1, 0.15) is 12.4 Å². The van der Waals surface area contributed by atoms with Crippen molar-refractivity contribution in [2.45, 2.75) is 13.0 Å². The largest absolute Gasteiger partial charge is 0.485 e. The number of hydrogen-bond donors (Lipinski definition) is 2. The number of rotatable bonds is 4. The minimum Gasteiger partial charge on any atom is -0.485 e. The summed E-state index contributed by atoms with van der Waals surface area (Å²) >= 11 is 5.93. The van der Waals surface area contributed by atoms with Crippen molar-refractivity contribution in [3.8, 4) is 17.2 Å². The van der Waals surface area contributed by atoms with Crippen molar-refractivity contribution in [3.05, 3.63) is 53.1 Å². The number of benzene rings is 2. The highest BCUT2D eigenvalue weighted by Gasteiger charge is 2.27. The van der Waals surface area contributed by atoms with Gasteiger partial charge in [0.25, 0.3) is 11.8 Å². The van der Waals surface area contributed by atoms with E-state index in [0.29, 0.717) is 22.3 Å². The fourth-order valence-electron chi connectivity index (χ4n) is 2.25. The van der Waals surface area contributed by atoms with Gasteiger partial charge in [0.15, 0.2) is 18.1 Å². The van der Waals surface area contributed by atoms with E-state index in [4.69, 9.17) is 25.8 Å². The molecule has 2 N–H and O–H groups in total. The molecule has 26 heavy (non-hydrogen) atoms. The number of nitrogens with one attached hydrogen (secondary N) is 2. The summed E-state index contributed by atoms with van der Waals surface area (Å²) in [5.41, 5.74) is 5.41. The quantitative estimate of drug-likeness (QED) is 0.797. The molecule has 0 aliphatic carbocycles. The number of carbonyl (C=O) groups is 2. The van der Waals surface area contributed by atoms with E-state index in [1.54, 1.807) is 36.4 Å². The number of carbonyl (C=O) groups excluding carboxylic acids is 2. The predicted molar refractivity (Wildman–Crippen MR) is 94.3 cm³/mol. The van der Waals surface area contributed by atoms with E-state index in [9.17, 15) is 9.59 Å². The standard InChI is InChI=1S/C18H17ClN2O5/c1-11-8-12(6-7-13(11)19)24-10-17(22)20-21-18(23)16-9-25-14-4-2-3-5-15(14)26-16/h2-8,16H,9-10H2,1H3,(H,20,22)(H,21,23)/t16-/m0/s1. The lowest BCUT2D eigenvalue weighted by molar-refractivity contribution is -0.135. The fourth-order valence-corrected chi connectivity index (χ4v) is 2.37. The van der Waals surface area contributed by atoms with Crippen LogP contribution < -0.4 is 25.1 Å². The monoisotopic (exact) mass is 376 g/mol. The van der Waals surface area contributed by atoms with Crippen LogP contribution in [0.25, 0.3) is 0 Å². The topological polar surface area (TPSA) is 85.9 Å². The summed E-state index contributed by atoms with van der Waals surface area (Å²) in [6, 6.07) is 12.1. The summed E-state index contributed by atoms with van der Waals surface area (Å²) in [4.78, 5) is 23.9. The Kier molecular flexibility index (Phi) is 5.48. The van der Waals surface area contributed by atoms with Crippen molar-refractivity contribution in [2.75, 3.05) is 13.2 Å². The predicted octanol–water partition coefficient (Wildman–Crippen LogP) is 2.01. The molecule has 3 rings (SSSR count). The minimum absolute atomic E-state index is 0.0548. The second kappa shape index (κ2) is 7.97. The summed E-state index contributed by atoms with van der Waals surface area (Å²) < 4.78 is 16.4. The molecule has 0 aromatic heterocycles. The fraction of sp³-hybridized carbons (Fsp3) is 0.222. The van der Waals surface area contributed by atoms with E-state index in [1.165, 1.54) is 0 Å². The van der Waals surface area contributed by atoms with Gasteiger partial charge in [-0.15, -0.1) is 0 Å². The van der Waals surface area contributed by atoms with E-state index in [0.717, 1.165) is 5.56 Å². The number of ether oxygens (including phenoxy) is 3. The van der Waals surface area contributed by atoms with Crippen molar-refractivity contribution in [2.24, 2.45) is 0 Å². The summed E-state index contributed by atoms with van der Waals surface area (Å²) in [6.45, 7) is 1.63. The van der Waals surface area contributed by atoms with Crippen LogP contribution in [0.5, 0.6) is 17.2 Å². The summed E-state index contributed by atoms with van der Waals surface area (Å²) in [6.07, 6.45) is -0.856. The molecule has 7 nitrogen and oxygen atoms in total. The molecular formula is C18H17ClN2O5. The Hall–Kier alpha value is -2.93. The van der Waals surface area contributed by atoms with E-state index in [1.807, 2.05) is 13.0 Å². The van der Waals surface area contributed by atoms with Gasteiger partial charge in [-0.1, -0.05) is 23.7 Å². The van der Waals surface area contributed by atoms with Crippen molar-refractivity contribution in [3.63, 3.8) is 0 Å². The molecule has 2 aromatic rings. The molecule has 2 amide bonds. The number of hydrogen-bond acceptors (Lipinski definition) is 5. The van der Waals surface area contributed by atoms with Gasteiger partial charge in [0.2, 0.25) is 6.10 Å². The van der Waals surface area contributed by atoms with Gasteiger partial charge in [0, 0.05) is 5.02 Å². The Morgan fingerprint density at radius 2 is 1.96 bits per heavy atom. The van der Waals surface area contributed by atoms with Crippen molar-refractivity contribution < 1.29 is 23.8 Å². The lowest BCUT2D eigenvalue weighted by Crippen LogP contribution is -2.51. The molecule has 1 atom stereocenters. The highest BCUT2D eigenvalue weighted by atomic mass is 35.5. The number of hydrazine groups is 1. The molecule has 0 radical (unpaired) electrons. The highest BCUT2D eigenvalue weighted by Crippen LogP contribution is 2.30. The van der Waals surface area contributed by atoms with Crippen molar-refractivity contribution in [1.82, 2.24) is 10.9 Å². The first-order chi connectivity index (χ1) is 12.5. The maximum Gasteiger partial charge on any atom is 0.283 e. The Bertz CT molecular complexity index is 827. The average molecular weight is 377 g/mol. The zero-order valence-electron chi connectivity index (χ0n) is 14.0. The van der Waals surface area contributed by atoms with Crippen molar-refractivity contribution in [1.29, 1.82) is 0 Å². The third-order valence-electron chi connectivity index (χ3n) is 3.63. The minimum atomic E-state index is -0.856. The Labute approximate surface area is 155 Å². The van der Waals surface area contributed by atoms with E-state index < -0.39 is 17.9 Å². The molecule has 1 heterocycles. The van der Waals surface area contributed by atoms with Gasteiger partial charge in [0.05, 0.1) is 0 Å². The SMILES string of the molecule is Cc1cc(OCC(=O)NNC(=O)[C@@H]2COc3ccccc3O2)ccc1Cl. The van der Waals surface area contributed by atoms with E-state index >= 15 is 0 Å². The maximum absolute atomic E-state index is 12.1. The Balaban J connectivity index is 1.44. The van der Waals surface area contributed by atoms with Gasteiger partial charge >= 0.3 is 0 Å². The van der Waals surface area contributed by atoms with Gasteiger partial charge in [-0.2, -0.15) is 0 Å². The van der Waals surface area contributed by atoms with Crippen LogP contribution in [0.3, 0.4) is 0 Å². The molecule has 136 valence electrons. The first-order valence-electron chi connectivity index (χ1n) is 7.89. The summed E-state index contributed by atoms with van der Waals surface area (Å²) in [5.74, 6) is 0.534. The number of para-hydroxylation sites is 2. The molecule has 1 aliphatic rings. The zero-order valence-corrected chi connectivity index (χ0v) is 14.7. The number of fused-ring (bicyclic) bond motifs is 1. The number of aryl methyl sites for hydroxylation is 1. The number of halogens is 1. The lowest BCUT2D eigenvalue weighted by atomic mass is 10.2. The lowest BCUT2D eigenvalue weighted by Gasteiger charge is -2.25. The third-order valence-corrected chi connectivity index (χ3v) is 4.05. The number of amides is 2. The van der Waals surface area contributed by atoms with Crippen LogP contribution >= 0.6 is 11.6 Å². The van der Waals surface area contributed by atoms with Crippen LogP contribution in [-0.2, 0) is 9.59 Å². The normalized spacial score (nSPS) is 15.1. The van der Waals surface area contributed by atoms with Crippen LogP contribution in [0.15, 0.2) is 42.5 Å². The molecule has 0 fully saturated rings. The van der Waals surface area contributed by atoms with Gasteiger partial charge < -0.3 is 14.2 Å². The van der Waals surface area contributed by atoms with Crippen LogP contribution in [0.4, 0.5) is 0 Å². The Morgan fingerprint density at radius 1 is 1.19 bits per heavy atom. The zero-order chi connectivity index (χ0) is 18.5. The van der Waals surface area contributed by atoms with Crippen LogP contribution in [-0.4, -0.2) is 31.1 Å². The Morgan fingerprint density at radius 3 is 2.73 bits per heavy atom. The van der Waals surface area contributed by atoms with Gasteiger partial charge in [-0.05, 0) is 42.8 Å². The summed E-state index contributed by atoms with van der Waals surface area (Å²) in [5, 5.41) is 0.616. The smallest absolute Gasteiger partial charge is 0.283 e. The maximum atomic E-state index is 12.1. The molecule has 2 aromatic carbocycles. The van der Waals surface area contributed by atoms with Crippen molar-refractivity contribution >= 4 is 23.4 Å². The first kappa shape index (κ1) is 17.9. The second-order valence-corrected chi connectivity index (χ2v) is 6.01. The van der Waals surface area contributed by atoms with Gasteiger partial charge in [-0.25, -0.2) is 0 Å². The molecule has 0 spiro atoms. The molecule has 0 unspecified atom stereocenters. The molecule has 1 aliphatic heterocycles. The highest BCUT2D eigenvalue weighted by molar-refractivity contribution is 6.31. The molecule has 0 saturated heterocycles. The summed E-state index contributed by atoms with van der Waals surface area (Å²) in [7, 11) is 0. The van der Waals surface area contributed by atoms with Crippen LogP contribution in [0.2, 0.25) is 5.02 Å². The molecule has 0 saturated carbocycles. The second-order valence-electron chi connectivity index (χ2n) is 5.60. The van der Waals surface area contributed by atoms with Gasteiger partial charge in [-0.3, -0.25) is 20.4 Å². The van der Waals surface area contributed by atoms with Crippen LogP contribution in [0.1, 0.15) is 5.56 Å². The molecule has 8 heteroatoms. The molecular weight excluding hydrogens is 360 g/mol. The van der Waals surface area contributed by atoms with Crippen LogP contribution in [0, 0.1) is 6.92 Å². The third kappa shape index (κ3) is 4.37. The van der Waals surface area contributed by atoms with E-state index in [-0.39, 0.29) is 13.2 Å².